The fourth-order valence-electron chi connectivity index (χ4n) is 2.52. The normalized spacial score (nSPS) is 13.9. The average Bonchev–Trinajstić information content (AvgIpc) is 2.98. The van der Waals surface area contributed by atoms with E-state index in [1.165, 1.54) is 5.69 Å². The first-order valence-corrected chi connectivity index (χ1v) is 9.19. The van der Waals surface area contributed by atoms with Crippen LogP contribution in [0.4, 0.5) is 5.69 Å². The van der Waals surface area contributed by atoms with Crippen molar-refractivity contribution < 1.29 is 0 Å². The van der Waals surface area contributed by atoms with Crippen LogP contribution in [0.1, 0.15) is 0 Å². The number of nitrogens with zero attached hydrogens (tertiary/aromatic N) is 4. The van der Waals surface area contributed by atoms with Crippen LogP contribution in [0, 0.1) is 0 Å². The summed E-state index contributed by atoms with van der Waals surface area (Å²) in [5.41, 5.74) is 2.16. The first-order valence-electron chi connectivity index (χ1n) is 7.03. The zero-order valence-corrected chi connectivity index (χ0v) is 15.1. The molecule has 2 heterocycles. The molecule has 4 rings (SSSR count). The molecular formula is C16H12BrClN4S. The number of aromatic nitrogens is 3. The lowest BCUT2D eigenvalue weighted by Gasteiger charge is -2.29. The lowest BCUT2D eigenvalue weighted by atomic mass is 10.2. The average molecular weight is 408 g/mol. The summed E-state index contributed by atoms with van der Waals surface area (Å²) in [6, 6.07) is 16.1. The Hall–Kier alpha value is -1.50. The first-order chi connectivity index (χ1) is 11.2. The van der Waals surface area contributed by atoms with Gasteiger partial charge in [0.1, 0.15) is 0 Å². The third kappa shape index (κ3) is 2.98. The van der Waals surface area contributed by atoms with E-state index in [1.54, 1.807) is 11.8 Å². The van der Waals surface area contributed by atoms with Gasteiger partial charge in [-0.2, -0.15) is 0 Å². The predicted octanol–water partition coefficient (Wildman–Crippen LogP) is 4.89. The summed E-state index contributed by atoms with van der Waals surface area (Å²) in [4.78, 5) is 2.29. The Morgan fingerprint density at radius 1 is 1.09 bits per heavy atom. The Kier molecular flexibility index (Phi) is 4.05. The van der Waals surface area contributed by atoms with Crippen LogP contribution in [0.2, 0.25) is 5.02 Å². The van der Waals surface area contributed by atoms with Gasteiger partial charge in [-0.3, -0.25) is 4.57 Å². The van der Waals surface area contributed by atoms with Gasteiger partial charge in [-0.05, 0) is 36.4 Å². The summed E-state index contributed by atoms with van der Waals surface area (Å²) < 4.78 is 3.21. The van der Waals surface area contributed by atoms with Crippen molar-refractivity contribution in [3.8, 4) is 11.4 Å². The van der Waals surface area contributed by atoms with Crippen LogP contribution in [0.15, 0.2) is 58.2 Å². The molecule has 0 N–H and O–H groups in total. The molecule has 0 saturated heterocycles. The molecule has 0 fully saturated rings. The highest BCUT2D eigenvalue weighted by Gasteiger charge is 2.22. The van der Waals surface area contributed by atoms with Gasteiger partial charge < -0.3 is 4.90 Å². The van der Waals surface area contributed by atoms with E-state index in [-0.39, 0.29) is 0 Å². The monoisotopic (exact) mass is 406 g/mol. The Bertz CT molecular complexity index is 850. The van der Waals surface area contributed by atoms with E-state index >= 15 is 0 Å². The van der Waals surface area contributed by atoms with Gasteiger partial charge in [0.25, 0.3) is 0 Å². The number of benzene rings is 2. The van der Waals surface area contributed by atoms with Crippen LogP contribution in [-0.4, -0.2) is 20.6 Å². The number of hydrogen-bond acceptors (Lipinski definition) is 4. The molecule has 7 heteroatoms. The van der Waals surface area contributed by atoms with Crippen molar-refractivity contribution in [1.82, 2.24) is 14.8 Å². The first kappa shape index (κ1) is 15.1. The molecule has 0 bridgehead atoms. The molecule has 1 aliphatic rings. The molecule has 0 saturated carbocycles. The fourth-order valence-corrected chi connectivity index (χ4v) is 3.87. The van der Waals surface area contributed by atoms with E-state index in [1.807, 2.05) is 24.3 Å². The van der Waals surface area contributed by atoms with Crippen molar-refractivity contribution in [3.63, 3.8) is 0 Å². The maximum atomic E-state index is 6.11. The maximum absolute atomic E-state index is 6.11. The van der Waals surface area contributed by atoms with Crippen LogP contribution in [0.5, 0.6) is 0 Å². The van der Waals surface area contributed by atoms with Gasteiger partial charge >= 0.3 is 0 Å². The Morgan fingerprint density at radius 3 is 2.70 bits per heavy atom. The van der Waals surface area contributed by atoms with Crippen molar-refractivity contribution in [2.75, 3.05) is 10.8 Å². The molecule has 1 aromatic heterocycles. The van der Waals surface area contributed by atoms with Crippen LogP contribution in [0.3, 0.4) is 0 Å². The third-order valence-corrected chi connectivity index (χ3v) is 5.42. The number of hydrogen-bond donors (Lipinski definition) is 0. The van der Waals surface area contributed by atoms with E-state index in [0.29, 0.717) is 5.02 Å². The van der Waals surface area contributed by atoms with Crippen LogP contribution >= 0.6 is 39.3 Å². The second-order valence-corrected chi connectivity index (χ2v) is 7.44. The summed E-state index contributed by atoms with van der Waals surface area (Å²) in [7, 11) is 0. The van der Waals surface area contributed by atoms with E-state index < -0.39 is 0 Å². The van der Waals surface area contributed by atoms with Gasteiger partial charge in [-0.15, -0.1) is 10.2 Å². The molecule has 0 amide bonds. The molecule has 116 valence electrons. The van der Waals surface area contributed by atoms with E-state index in [4.69, 9.17) is 11.6 Å². The Labute approximate surface area is 151 Å². The second-order valence-electron chi connectivity index (χ2n) is 5.18. The second kappa shape index (κ2) is 6.19. The molecule has 4 nitrogen and oxygen atoms in total. The lowest BCUT2D eigenvalue weighted by molar-refractivity contribution is 0.608. The topological polar surface area (TPSA) is 34.0 Å². The fraction of sp³-hybridized carbons (Fsp3) is 0.125. The van der Waals surface area contributed by atoms with Crippen molar-refractivity contribution in [1.29, 1.82) is 0 Å². The van der Waals surface area contributed by atoms with E-state index in [9.17, 15) is 0 Å². The number of fused-ring (bicyclic) bond motifs is 1. The zero-order chi connectivity index (χ0) is 15.8. The molecule has 0 radical (unpaired) electrons. The quantitative estimate of drug-likeness (QED) is 0.606. The standard InChI is InChI=1S/C16H12BrClN4S/c17-12-4-6-14(7-5-12)21-9-22-15(19-20-16(22)23-10-21)11-2-1-3-13(18)8-11/h1-8H,9-10H2. The van der Waals surface area contributed by atoms with Gasteiger partial charge in [0.15, 0.2) is 11.0 Å². The molecular weight excluding hydrogens is 396 g/mol. The summed E-state index contributed by atoms with van der Waals surface area (Å²) in [6.45, 7) is 0.721. The van der Waals surface area contributed by atoms with Crippen LogP contribution in [-0.2, 0) is 6.67 Å². The van der Waals surface area contributed by atoms with E-state index in [0.717, 1.165) is 33.6 Å². The molecule has 3 aromatic rings. The molecule has 23 heavy (non-hydrogen) atoms. The lowest BCUT2D eigenvalue weighted by Crippen LogP contribution is -2.30. The smallest absolute Gasteiger partial charge is 0.194 e. The third-order valence-electron chi connectivity index (χ3n) is 3.65. The highest BCUT2D eigenvalue weighted by atomic mass is 79.9. The van der Waals surface area contributed by atoms with Crippen molar-refractivity contribution >= 4 is 45.0 Å². The minimum Gasteiger partial charge on any atom is -0.344 e. The molecule has 0 spiro atoms. The summed E-state index contributed by atoms with van der Waals surface area (Å²) >= 11 is 11.3. The SMILES string of the molecule is Clc1cccc(-c2nnc3n2CN(c2ccc(Br)cc2)CS3)c1. The highest BCUT2D eigenvalue weighted by molar-refractivity contribution is 9.10. The van der Waals surface area contributed by atoms with E-state index in [2.05, 4.69) is 59.9 Å². The Balaban J connectivity index is 1.69. The van der Waals surface area contributed by atoms with Crippen LogP contribution < -0.4 is 4.90 Å². The Morgan fingerprint density at radius 2 is 1.91 bits per heavy atom. The van der Waals surface area contributed by atoms with Gasteiger partial charge in [0.05, 0.1) is 12.5 Å². The van der Waals surface area contributed by atoms with Crippen LogP contribution in [0.25, 0.3) is 11.4 Å². The molecule has 0 unspecified atom stereocenters. The summed E-state index contributed by atoms with van der Waals surface area (Å²) in [5.74, 6) is 1.70. The number of halogens is 2. The maximum Gasteiger partial charge on any atom is 0.194 e. The van der Waals surface area contributed by atoms with Crippen molar-refractivity contribution in [3.05, 3.63) is 58.0 Å². The molecule has 2 aromatic carbocycles. The van der Waals surface area contributed by atoms with Crippen molar-refractivity contribution in [2.45, 2.75) is 11.8 Å². The summed E-state index contributed by atoms with van der Waals surface area (Å²) in [6.07, 6.45) is 0. The molecule has 0 aliphatic carbocycles. The van der Waals surface area contributed by atoms with Gasteiger partial charge in [0, 0.05) is 20.7 Å². The number of anilines is 1. The predicted molar refractivity (Wildman–Crippen MR) is 97.8 cm³/mol. The van der Waals surface area contributed by atoms with Gasteiger partial charge in [-0.1, -0.05) is 51.4 Å². The van der Waals surface area contributed by atoms with Gasteiger partial charge in [-0.25, -0.2) is 0 Å². The molecule has 1 aliphatic heterocycles. The van der Waals surface area contributed by atoms with Gasteiger partial charge in [0.2, 0.25) is 0 Å². The minimum absolute atomic E-state index is 0.702. The summed E-state index contributed by atoms with van der Waals surface area (Å²) in [5, 5.41) is 10.3. The molecule has 0 atom stereocenters. The minimum atomic E-state index is 0.702. The number of rotatable bonds is 2. The zero-order valence-electron chi connectivity index (χ0n) is 12.0. The van der Waals surface area contributed by atoms with Crippen molar-refractivity contribution in [2.24, 2.45) is 0 Å². The highest BCUT2D eigenvalue weighted by Crippen LogP contribution is 2.32. The largest absolute Gasteiger partial charge is 0.344 e. The number of thioether (sulfide) groups is 1.